The minimum atomic E-state index is -0.481. The van der Waals surface area contributed by atoms with Crippen molar-refractivity contribution in [2.75, 3.05) is 18.4 Å². The molecule has 2 fully saturated rings. The number of hydrogen-bond acceptors (Lipinski definition) is 5. The zero-order valence-corrected chi connectivity index (χ0v) is 18.8. The Labute approximate surface area is 195 Å². The van der Waals surface area contributed by atoms with Crippen molar-refractivity contribution in [3.05, 3.63) is 52.8 Å². The highest BCUT2D eigenvalue weighted by molar-refractivity contribution is 6.33. The maximum atomic E-state index is 13.0. The molecule has 0 radical (unpaired) electrons. The number of fused-ring (bicyclic) bond motifs is 1. The van der Waals surface area contributed by atoms with Gasteiger partial charge in [-0.3, -0.25) is 4.79 Å². The molecule has 172 valence electrons. The molecule has 3 heterocycles. The number of aliphatic hydroxyl groups excluding tert-OH is 1. The smallest absolute Gasteiger partial charge is 0.319 e. The molecular weight excluding hydrogens is 446 g/mol. The first kappa shape index (κ1) is 21.5. The van der Waals surface area contributed by atoms with Crippen LogP contribution < -0.4 is 15.4 Å². The zero-order valence-electron chi connectivity index (χ0n) is 18.0. The summed E-state index contributed by atoms with van der Waals surface area (Å²) in [6.07, 6.45) is 5.38. The van der Waals surface area contributed by atoms with Crippen LogP contribution in [0.5, 0.6) is 11.5 Å². The number of aryl methyl sites for hydroxylation is 1. The van der Waals surface area contributed by atoms with Crippen molar-refractivity contribution in [1.82, 2.24) is 19.8 Å². The fourth-order valence-corrected chi connectivity index (χ4v) is 4.20. The Morgan fingerprint density at radius 3 is 2.76 bits per heavy atom. The van der Waals surface area contributed by atoms with Crippen molar-refractivity contribution in [3.63, 3.8) is 0 Å². The number of carbonyl (C=O) groups excluding carboxylic acids is 2. The van der Waals surface area contributed by atoms with E-state index in [0.29, 0.717) is 52.8 Å². The van der Waals surface area contributed by atoms with E-state index in [1.54, 1.807) is 46.1 Å². The predicted octanol–water partition coefficient (Wildman–Crippen LogP) is 3.58. The Balaban J connectivity index is 1.37. The molecule has 1 aliphatic heterocycles. The second-order valence-corrected chi connectivity index (χ2v) is 8.87. The van der Waals surface area contributed by atoms with Crippen molar-refractivity contribution < 1.29 is 19.4 Å². The first-order chi connectivity index (χ1) is 15.9. The summed E-state index contributed by atoms with van der Waals surface area (Å²) in [5.41, 5.74) is 2.42. The van der Waals surface area contributed by atoms with Gasteiger partial charge in [0.1, 0.15) is 11.3 Å². The van der Waals surface area contributed by atoms with Gasteiger partial charge < -0.3 is 25.4 Å². The number of ether oxygens (including phenoxy) is 1. The summed E-state index contributed by atoms with van der Waals surface area (Å²) in [6.45, 7) is 2.71. The van der Waals surface area contributed by atoms with Gasteiger partial charge in [0.25, 0.3) is 5.91 Å². The van der Waals surface area contributed by atoms with Gasteiger partial charge in [0.05, 0.1) is 28.6 Å². The molecule has 10 heteroatoms. The number of halogens is 1. The summed E-state index contributed by atoms with van der Waals surface area (Å²) < 4.78 is 7.70. The highest BCUT2D eigenvalue weighted by atomic mass is 35.5. The highest BCUT2D eigenvalue weighted by Gasteiger charge is 2.28. The molecule has 1 saturated carbocycles. The van der Waals surface area contributed by atoms with E-state index < -0.39 is 6.10 Å². The van der Waals surface area contributed by atoms with Crippen LogP contribution in [0.3, 0.4) is 0 Å². The topological polar surface area (TPSA) is 108 Å². The molecular formula is C23H24ClN5O4. The number of rotatable bonds is 5. The lowest BCUT2D eigenvalue weighted by Gasteiger charge is -2.15. The maximum absolute atomic E-state index is 13.0. The van der Waals surface area contributed by atoms with E-state index in [1.807, 2.05) is 6.92 Å². The third-order valence-electron chi connectivity index (χ3n) is 5.90. The molecule has 0 unspecified atom stereocenters. The normalized spacial score (nSPS) is 17.9. The monoisotopic (exact) mass is 469 g/mol. The Bertz CT molecular complexity index is 1240. The van der Waals surface area contributed by atoms with Gasteiger partial charge in [-0.25, -0.2) is 9.31 Å². The molecule has 1 aromatic carbocycles. The van der Waals surface area contributed by atoms with Crippen LogP contribution in [0.2, 0.25) is 5.02 Å². The van der Waals surface area contributed by atoms with Crippen LogP contribution in [0.25, 0.3) is 5.52 Å². The molecule has 3 N–H and O–H groups in total. The summed E-state index contributed by atoms with van der Waals surface area (Å²) in [4.78, 5) is 26.6. The van der Waals surface area contributed by atoms with Crippen LogP contribution in [0.1, 0.15) is 35.2 Å². The molecule has 5 rings (SSSR count). The minimum Gasteiger partial charge on any atom is -0.455 e. The number of urea groups is 1. The second-order valence-electron chi connectivity index (χ2n) is 8.47. The van der Waals surface area contributed by atoms with Gasteiger partial charge in [0.15, 0.2) is 5.75 Å². The van der Waals surface area contributed by atoms with Gasteiger partial charge >= 0.3 is 6.03 Å². The lowest BCUT2D eigenvalue weighted by molar-refractivity contribution is 0.0764. The van der Waals surface area contributed by atoms with Gasteiger partial charge in [-0.2, -0.15) is 5.10 Å². The first-order valence-corrected chi connectivity index (χ1v) is 11.3. The number of anilines is 1. The van der Waals surface area contributed by atoms with E-state index in [2.05, 4.69) is 15.7 Å². The van der Waals surface area contributed by atoms with Crippen LogP contribution in [-0.4, -0.2) is 56.8 Å². The molecule has 2 aromatic heterocycles. The molecule has 3 amide bonds. The predicted molar refractivity (Wildman–Crippen MR) is 123 cm³/mol. The number of hydrogen-bond donors (Lipinski definition) is 3. The average Bonchev–Trinajstić information content (AvgIpc) is 3.37. The van der Waals surface area contributed by atoms with Gasteiger partial charge in [-0.1, -0.05) is 11.6 Å². The first-order valence-electron chi connectivity index (χ1n) is 10.9. The number of β-amino-alcohol motifs (C(OH)–C–C–N with tert-alkyl or cyclic N) is 1. The summed E-state index contributed by atoms with van der Waals surface area (Å²) in [6, 6.07) is 6.71. The van der Waals surface area contributed by atoms with Crippen molar-refractivity contribution in [2.45, 2.75) is 38.3 Å². The largest absolute Gasteiger partial charge is 0.455 e. The van der Waals surface area contributed by atoms with Gasteiger partial charge in [-0.05, 0) is 43.9 Å². The van der Waals surface area contributed by atoms with Crippen LogP contribution in [0, 0.1) is 6.92 Å². The lowest BCUT2D eigenvalue weighted by atomic mass is 10.1. The van der Waals surface area contributed by atoms with Crippen LogP contribution in [0.15, 0.2) is 36.7 Å². The van der Waals surface area contributed by atoms with Crippen molar-refractivity contribution >= 4 is 34.7 Å². The number of aliphatic hydroxyl groups is 1. The Morgan fingerprint density at radius 2 is 2.06 bits per heavy atom. The molecule has 1 aliphatic carbocycles. The molecule has 0 bridgehead atoms. The Morgan fingerprint density at radius 1 is 1.24 bits per heavy atom. The summed E-state index contributed by atoms with van der Waals surface area (Å²) in [5.74, 6) is 0.868. The van der Waals surface area contributed by atoms with E-state index >= 15 is 0 Å². The molecule has 2 aliphatic rings. The van der Waals surface area contributed by atoms with Crippen LogP contribution in [-0.2, 0) is 0 Å². The third kappa shape index (κ3) is 4.46. The standard InChI is InChI=1S/C23H24ClN5O4/c1-13-17(22(31)28-9-7-15(30)11-28)12-29-21(13)20(6-8-25-29)33-16-4-5-19(18(24)10-16)27-23(32)26-14-2-3-14/h4-6,8,10,12,14-15,30H,2-3,7,9,11H2,1H3,(H2,26,27,32)/t15-/m0/s1. The number of aromatic nitrogens is 2. The van der Waals surface area contributed by atoms with Gasteiger partial charge in [-0.15, -0.1) is 0 Å². The van der Waals surface area contributed by atoms with Crippen molar-refractivity contribution in [2.24, 2.45) is 0 Å². The fraction of sp³-hybridized carbons (Fsp3) is 0.348. The lowest BCUT2D eigenvalue weighted by Crippen LogP contribution is -2.30. The summed E-state index contributed by atoms with van der Waals surface area (Å²) in [5, 5.41) is 20.0. The summed E-state index contributed by atoms with van der Waals surface area (Å²) in [7, 11) is 0. The van der Waals surface area contributed by atoms with Gasteiger partial charge in [0.2, 0.25) is 0 Å². The highest BCUT2D eigenvalue weighted by Crippen LogP contribution is 2.34. The number of benzene rings is 1. The second kappa shape index (κ2) is 8.57. The number of amides is 3. The maximum Gasteiger partial charge on any atom is 0.319 e. The summed E-state index contributed by atoms with van der Waals surface area (Å²) >= 11 is 6.36. The SMILES string of the molecule is Cc1c(C(=O)N2CC[C@H](O)C2)cn2nccc(Oc3ccc(NC(=O)NC4CC4)c(Cl)c3)c12. The van der Waals surface area contributed by atoms with Crippen molar-refractivity contribution in [1.29, 1.82) is 0 Å². The molecule has 1 atom stereocenters. The number of likely N-dealkylation sites (tertiary alicyclic amines) is 1. The van der Waals surface area contributed by atoms with E-state index in [0.717, 1.165) is 18.4 Å². The third-order valence-corrected chi connectivity index (χ3v) is 6.21. The molecule has 3 aromatic rings. The molecule has 9 nitrogen and oxygen atoms in total. The minimum absolute atomic E-state index is 0.136. The molecule has 33 heavy (non-hydrogen) atoms. The average molecular weight is 470 g/mol. The Kier molecular flexibility index (Phi) is 5.59. The number of nitrogens with one attached hydrogen (secondary N) is 2. The van der Waals surface area contributed by atoms with E-state index in [1.165, 1.54) is 0 Å². The van der Waals surface area contributed by atoms with Crippen LogP contribution in [0.4, 0.5) is 10.5 Å². The fourth-order valence-electron chi connectivity index (χ4n) is 3.98. The van der Waals surface area contributed by atoms with Crippen molar-refractivity contribution in [3.8, 4) is 11.5 Å². The zero-order chi connectivity index (χ0) is 23.1. The number of carbonyl (C=O) groups is 2. The quantitative estimate of drug-likeness (QED) is 0.529. The van der Waals surface area contributed by atoms with E-state index in [-0.39, 0.29) is 18.0 Å². The van der Waals surface area contributed by atoms with E-state index in [4.69, 9.17) is 16.3 Å². The molecule has 0 spiro atoms. The number of nitrogens with zero attached hydrogens (tertiary/aromatic N) is 3. The molecule has 1 saturated heterocycles. The van der Waals surface area contributed by atoms with Gasteiger partial charge in [0, 0.05) is 37.5 Å². The van der Waals surface area contributed by atoms with Crippen LogP contribution >= 0.6 is 11.6 Å². The Hall–Kier alpha value is -3.30. The van der Waals surface area contributed by atoms with E-state index in [9.17, 15) is 14.7 Å².